The first-order valence-electron chi connectivity index (χ1n) is 8.48. The van der Waals surface area contributed by atoms with Gasteiger partial charge in [-0.15, -0.1) is 0 Å². The molecule has 3 rings (SSSR count). The molecule has 10 heteroatoms. The lowest BCUT2D eigenvalue weighted by atomic mass is 10.2. The highest BCUT2D eigenvalue weighted by Crippen LogP contribution is 2.23. The maximum atomic E-state index is 12.5. The van der Waals surface area contributed by atoms with Crippen LogP contribution < -0.4 is 14.8 Å². The molecule has 0 aliphatic heterocycles. The van der Waals surface area contributed by atoms with E-state index in [4.69, 9.17) is 11.6 Å². The van der Waals surface area contributed by atoms with Gasteiger partial charge in [-0.25, -0.2) is 8.42 Å². The Morgan fingerprint density at radius 1 is 0.900 bits per heavy atom. The van der Waals surface area contributed by atoms with Crippen molar-refractivity contribution in [1.82, 2.24) is 0 Å². The summed E-state index contributed by atoms with van der Waals surface area (Å²) in [5, 5.41) is 2.98. The number of hydrogen-bond donors (Lipinski definition) is 2. The number of ether oxygens (including phenoxy) is 1. The van der Waals surface area contributed by atoms with E-state index in [1.165, 1.54) is 60.7 Å². The van der Waals surface area contributed by atoms with Gasteiger partial charge in [0.15, 0.2) is 0 Å². The second-order valence-corrected chi connectivity index (χ2v) is 8.08. The molecule has 6 nitrogen and oxygen atoms in total. The summed E-state index contributed by atoms with van der Waals surface area (Å²) in [7, 11) is -3.85. The van der Waals surface area contributed by atoms with Crippen molar-refractivity contribution in [2.24, 2.45) is 0 Å². The highest BCUT2D eigenvalue weighted by molar-refractivity contribution is 7.92. The number of hydrogen-bond acceptors (Lipinski definition) is 4. The zero-order valence-corrected chi connectivity index (χ0v) is 16.8. The van der Waals surface area contributed by atoms with Crippen LogP contribution in [0.4, 0.5) is 20.2 Å². The Bertz CT molecular complexity index is 1140. The van der Waals surface area contributed by atoms with E-state index >= 15 is 0 Å². The molecule has 0 aromatic heterocycles. The highest BCUT2D eigenvalue weighted by atomic mass is 35.5. The van der Waals surface area contributed by atoms with Gasteiger partial charge in [-0.1, -0.05) is 23.7 Å². The third-order valence-corrected chi connectivity index (χ3v) is 5.52. The first-order chi connectivity index (χ1) is 14.2. The molecule has 0 saturated heterocycles. The Balaban J connectivity index is 1.73. The van der Waals surface area contributed by atoms with E-state index in [0.717, 1.165) is 0 Å². The van der Waals surface area contributed by atoms with Gasteiger partial charge < -0.3 is 10.1 Å². The number of carbonyl (C=O) groups is 1. The number of nitrogens with one attached hydrogen (secondary N) is 2. The SMILES string of the molecule is O=C(Nc1ccc(S(=O)(=O)Nc2ccc(Cl)cc2)cc1)c1ccccc1OC(F)F. The highest BCUT2D eigenvalue weighted by Gasteiger charge is 2.17. The molecule has 3 aromatic carbocycles. The molecule has 0 bridgehead atoms. The number of sulfonamides is 1. The average molecular weight is 453 g/mol. The van der Waals surface area contributed by atoms with Gasteiger partial charge in [0.2, 0.25) is 0 Å². The lowest BCUT2D eigenvalue weighted by molar-refractivity contribution is -0.0501. The van der Waals surface area contributed by atoms with Crippen LogP contribution in [0.15, 0.2) is 77.7 Å². The molecule has 0 atom stereocenters. The van der Waals surface area contributed by atoms with E-state index in [1.807, 2.05) is 0 Å². The fourth-order valence-electron chi connectivity index (χ4n) is 2.50. The number of para-hydroxylation sites is 1. The van der Waals surface area contributed by atoms with Gasteiger partial charge in [-0.2, -0.15) is 8.78 Å². The largest absolute Gasteiger partial charge is 0.434 e. The fourth-order valence-corrected chi connectivity index (χ4v) is 3.69. The Kier molecular flexibility index (Phi) is 6.53. The number of carbonyl (C=O) groups excluding carboxylic acids is 1. The van der Waals surface area contributed by atoms with Crippen LogP contribution in [-0.4, -0.2) is 20.9 Å². The van der Waals surface area contributed by atoms with E-state index in [9.17, 15) is 22.0 Å². The average Bonchev–Trinajstić information content (AvgIpc) is 2.70. The van der Waals surface area contributed by atoms with Crippen molar-refractivity contribution in [3.63, 3.8) is 0 Å². The Hall–Kier alpha value is -3.17. The molecule has 30 heavy (non-hydrogen) atoms. The summed E-state index contributed by atoms with van der Waals surface area (Å²) in [5.41, 5.74) is 0.531. The number of rotatable bonds is 7. The van der Waals surface area contributed by atoms with Gasteiger partial charge in [-0.05, 0) is 60.7 Å². The minimum atomic E-state index is -3.85. The lowest BCUT2D eigenvalue weighted by Gasteiger charge is -2.12. The van der Waals surface area contributed by atoms with E-state index in [1.54, 1.807) is 12.1 Å². The summed E-state index contributed by atoms with van der Waals surface area (Å²) < 4.78 is 56.7. The number of benzene rings is 3. The zero-order chi connectivity index (χ0) is 21.7. The summed E-state index contributed by atoms with van der Waals surface area (Å²) in [6, 6.07) is 17.1. The Morgan fingerprint density at radius 2 is 1.50 bits per heavy atom. The van der Waals surface area contributed by atoms with Crippen LogP contribution in [0.3, 0.4) is 0 Å². The van der Waals surface area contributed by atoms with Gasteiger partial charge >= 0.3 is 6.61 Å². The minimum Gasteiger partial charge on any atom is -0.434 e. The molecule has 0 aliphatic rings. The zero-order valence-electron chi connectivity index (χ0n) is 15.2. The van der Waals surface area contributed by atoms with Gasteiger partial charge in [-0.3, -0.25) is 9.52 Å². The van der Waals surface area contributed by atoms with Crippen molar-refractivity contribution in [3.8, 4) is 5.75 Å². The smallest absolute Gasteiger partial charge is 0.387 e. The molecule has 0 heterocycles. The molecular formula is C20H15ClF2N2O4S. The van der Waals surface area contributed by atoms with Crippen LogP contribution in [0.1, 0.15) is 10.4 Å². The first-order valence-corrected chi connectivity index (χ1v) is 10.3. The molecule has 2 N–H and O–H groups in total. The van der Waals surface area contributed by atoms with Gasteiger partial charge in [0, 0.05) is 16.4 Å². The summed E-state index contributed by atoms with van der Waals surface area (Å²) >= 11 is 5.78. The molecular weight excluding hydrogens is 438 g/mol. The molecule has 0 spiro atoms. The molecule has 1 amide bonds. The van der Waals surface area contributed by atoms with Crippen LogP contribution in [0.2, 0.25) is 5.02 Å². The Morgan fingerprint density at radius 3 is 2.13 bits per heavy atom. The van der Waals surface area contributed by atoms with Crippen molar-refractivity contribution in [2.45, 2.75) is 11.5 Å². The molecule has 0 unspecified atom stereocenters. The molecule has 156 valence electrons. The second-order valence-electron chi connectivity index (χ2n) is 5.97. The van der Waals surface area contributed by atoms with E-state index < -0.39 is 22.5 Å². The maximum absolute atomic E-state index is 12.5. The van der Waals surface area contributed by atoms with Gasteiger partial charge in [0.25, 0.3) is 15.9 Å². The molecule has 0 fully saturated rings. The topological polar surface area (TPSA) is 84.5 Å². The fraction of sp³-hybridized carbons (Fsp3) is 0.0500. The van der Waals surface area contributed by atoms with Crippen LogP contribution in [0.25, 0.3) is 0 Å². The van der Waals surface area contributed by atoms with E-state index in [2.05, 4.69) is 14.8 Å². The van der Waals surface area contributed by atoms with Gasteiger partial charge in [0.05, 0.1) is 10.5 Å². The Labute approximate surface area is 176 Å². The second kappa shape index (κ2) is 9.10. The predicted octanol–water partition coefficient (Wildman–Crippen LogP) is 4.99. The molecule has 3 aromatic rings. The van der Waals surface area contributed by atoms with Crippen LogP contribution >= 0.6 is 11.6 Å². The standard InChI is InChI=1S/C20H15ClF2N2O4S/c21-13-5-7-15(8-6-13)25-30(27,28)16-11-9-14(10-12-16)24-19(26)17-3-1-2-4-18(17)29-20(22)23/h1-12,20,25H,(H,24,26). The number of amides is 1. The van der Waals surface area contributed by atoms with Crippen molar-refractivity contribution in [3.05, 3.63) is 83.4 Å². The third-order valence-electron chi connectivity index (χ3n) is 3.87. The predicted molar refractivity (Wildman–Crippen MR) is 110 cm³/mol. The first kappa shape index (κ1) is 21.5. The molecule has 0 radical (unpaired) electrons. The summed E-state index contributed by atoms with van der Waals surface area (Å²) in [6.07, 6.45) is 0. The summed E-state index contributed by atoms with van der Waals surface area (Å²) in [6.45, 7) is -3.07. The lowest BCUT2D eigenvalue weighted by Crippen LogP contribution is -2.15. The van der Waals surface area contributed by atoms with Crippen LogP contribution in [-0.2, 0) is 10.0 Å². The van der Waals surface area contributed by atoms with Gasteiger partial charge in [0.1, 0.15) is 5.75 Å². The van der Waals surface area contributed by atoms with Crippen LogP contribution in [0.5, 0.6) is 5.75 Å². The van der Waals surface area contributed by atoms with Crippen molar-refractivity contribution >= 4 is 38.9 Å². The molecule has 0 saturated carbocycles. The normalized spacial score (nSPS) is 11.2. The van der Waals surface area contributed by atoms with E-state index in [-0.39, 0.29) is 21.9 Å². The third kappa shape index (κ3) is 5.46. The van der Waals surface area contributed by atoms with Crippen molar-refractivity contribution in [1.29, 1.82) is 0 Å². The number of alkyl halides is 2. The molecule has 0 aliphatic carbocycles. The van der Waals surface area contributed by atoms with E-state index in [0.29, 0.717) is 10.7 Å². The number of halogens is 3. The number of anilines is 2. The minimum absolute atomic E-state index is 0.0307. The maximum Gasteiger partial charge on any atom is 0.387 e. The summed E-state index contributed by atoms with van der Waals surface area (Å²) in [5.74, 6) is -0.947. The monoisotopic (exact) mass is 452 g/mol. The van der Waals surface area contributed by atoms with Crippen LogP contribution in [0, 0.1) is 0 Å². The van der Waals surface area contributed by atoms with Crippen molar-refractivity contribution in [2.75, 3.05) is 10.0 Å². The quantitative estimate of drug-likeness (QED) is 0.528. The van der Waals surface area contributed by atoms with Crippen molar-refractivity contribution < 1.29 is 26.7 Å². The summed E-state index contributed by atoms with van der Waals surface area (Å²) in [4.78, 5) is 12.4.